The van der Waals surface area contributed by atoms with E-state index in [0.29, 0.717) is 31.1 Å². The van der Waals surface area contributed by atoms with Gasteiger partial charge < -0.3 is 15.3 Å². The van der Waals surface area contributed by atoms with Crippen molar-refractivity contribution in [3.63, 3.8) is 0 Å². The molecule has 2 N–H and O–H groups in total. The number of hydrogen-bond acceptors (Lipinski definition) is 6. The van der Waals surface area contributed by atoms with Gasteiger partial charge in [-0.3, -0.25) is 14.6 Å². The Bertz CT molecular complexity index is 1470. The van der Waals surface area contributed by atoms with Crippen LogP contribution in [0, 0.1) is 0 Å². The number of nitrogens with one attached hydrogen (secondary N) is 1. The van der Waals surface area contributed by atoms with E-state index >= 15 is 0 Å². The highest BCUT2D eigenvalue weighted by molar-refractivity contribution is 7.89. The number of carboxylic acid groups (broad SMARTS) is 1. The average molecular weight is 537 g/mol. The summed E-state index contributed by atoms with van der Waals surface area (Å²) in [6, 6.07) is 14.0. The quantitative estimate of drug-likeness (QED) is 0.510. The van der Waals surface area contributed by atoms with Crippen molar-refractivity contribution in [2.75, 3.05) is 13.1 Å². The zero-order valence-electron chi connectivity index (χ0n) is 20.6. The van der Waals surface area contributed by atoms with Crippen LogP contribution in [0.3, 0.4) is 0 Å². The van der Waals surface area contributed by atoms with Crippen LogP contribution < -0.4 is 5.32 Å². The summed E-state index contributed by atoms with van der Waals surface area (Å²) in [4.78, 5) is 44.9. The number of amides is 2. The van der Waals surface area contributed by atoms with E-state index in [4.69, 9.17) is 0 Å². The Morgan fingerprint density at radius 3 is 2.42 bits per heavy atom. The highest BCUT2D eigenvalue weighted by Gasteiger charge is 2.47. The first kappa shape index (κ1) is 25.8. The molecule has 3 unspecified atom stereocenters. The number of aliphatic carboxylic acids is 1. The number of carbonyl (C=O) groups excluding carboxylic acids is 2. The lowest BCUT2D eigenvalue weighted by molar-refractivity contribution is -0.157. The Hall–Kier alpha value is -3.83. The molecule has 2 aliphatic heterocycles. The highest BCUT2D eigenvalue weighted by atomic mass is 32.2. The summed E-state index contributed by atoms with van der Waals surface area (Å²) in [5, 5.41) is 14.3. The van der Waals surface area contributed by atoms with Gasteiger partial charge in [-0.1, -0.05) is 55.3 Å². The van der Waals surface area contributed by atoms with Gasteiger partial charge >= 0.3 is 5.97 Å². The van der Waals surface area contributed by atoms with Gasteiger partial charge in [-0.25, -0.2) is 13.2 Å². The second-order valence-electron chi connectivity index (χ2n) is 9.58. The number of aromatic nitrogens is 1. The molecular formula is C27H28N4O6S. The van der Waals surface area contributed by atoms with Gasteiger partial charge in [0.25, 0.3) is 5.91 Å². The number of nitrogens with zero attached hydrogens (tertiary/aromatic N) is 3. The Balaban J connectivity index is 1.42. The number of piperazine rings is 1. The summed E-state index contributed by atoms with van der Waals surface area (Å²) in [5.41, 5.74) is 0.183. The minimum absolute atomic E-state index is 0.0156. The molecule has 10 nitrogen and oxygen atoms in total. The number of pyridine rings is 1. The molecule has 5 rings (SSSR count). The molecule has 0 radical (unpaired) electrons. The van der Waals surface area contributed by atoms with Crippen LogP contribution in [0.1, 0.15) is 36.2 Å². The summed E-state index contributed by atoms with van der Waals surface area (Å²) in [7, 11) is -3.95. The van der Waals surface area contributed by atoms with Gasteiger partial charge in [0.1, 0.15) is 17.8 Å². The standard InChI is InChI=1S/C27H28N4O6S/c32-25(24-21-12-6-4-8-18(21)14-15-28-24)29-22-13-7-5-9-19-16-30(17-23(27(34)35)31(19)26(22)33)38(36,37)20-10-2-1-3-11-20/h1-4,6,8,10-12,14-15,19,22-23H,5,7,9,13,16-17H2,(H,29,32)(H,34,35). The van der Waals surface area contributed by atoms with E-state index in [1.165, 1.54) is 23.2 Å². The molecular weight excluding hydrogens is 508 g/mol. The van der Waals surface area contributed by atoms with E-state index in [2.05, 4.69) is 10.3 Å². The Labute approximate surface area is 220 Å². The first-order valence-corrected chi connectivity index (χ1v) is 14.0. The first-order valence-electron chi connectivity index (χ1n) is 12.5. The average Bonchev–Trinajstić information content (AvgIpc) is 2.93. The van der Waals surface area contributed by atoms with Gasteiger partial charge in [-0.2, -0.15) is 4.31 Å². The van der Waals surface area contributed by atoms with Crippen molar-refractivity contribution in [2.24, 2.45) is 0 Å². The van der Waals surface area contributed by atoms with Crippen LogP contribution in [0.15, 0.2) is 71.8 Å². The molecule has 3 aromatic rings. The maximum absolute atomic E-state index is 13.8. The second-order valence-corrected chi connectivity index (χ2v) is 11.5. The van der Waals surface area contributed by atoms with Gasteiger partial charge in [-0.05, 0) is 36.4 Å². The van der Waals surface area contributed by atoms with Crippen LogP contribution in [0.25, 0.3) is 10.8 Å². The number of carbonyl (C=O) groups is 3. The third-order valence-electron chi connectivity index (χ3n) is 7.21. The molecule has 2 fully saturated rings. The lowest BCUT2D eigenvalue weighted by Crippen LogP contribution is -2.67. The molecule has 3 heterocycles. The van der Waals surface area contributed by atoms with E-state index in [0.717, 1.165) is 9.69 Å². The maximum Gasteiger partial charge on any atom is 0.327 e. The van der Waals surface area contributed by atoms with Gasteiger partial charge in [0.2, 0.25) is 15.9 Å². The Morgan fingerprint density at radius 2 is 1.66 bits per heavy atom. The number of hydrogen-bond donors (Lipinski definition) is 2. The SMILES string of the molecule is O=C(NC1CCCCC2CN(S(=O)(=O)c3ccccc3)CC(C(=O)O)N2C1=O)c1nccc2ccccc12. The fourth-order valence-corrected chi connectivity index (χ4v) is 6.83. The van der Waals surface area contributed by atoms with E-state index in [1.807, 2.05) is 12.1 Å². The zero-order valence-corrected chi connectivity index (χ0v) is 21.4. The van der Waals surface area contributed by atoms with Gasteiger partial charge in [0, 0.05) is 30.7 Å². The smallest absolute Gasteiger partial charge is 0.327 e. The lowest BCUT2D eigenvalue weighted by atomic mass is 9.94. The lowest BCUT2D eigenvalue weighted by Gasteiger charge is -2.46. The summed E-state index contributed by atoms with van der Waals surface area (Å²) in [5.74, 6) is -2.33. The largest absolute Gasteiger partial charge is 0.480 e. The Morgan fingerprint density at radius 1 is 0.947 bits per heavy atom. The third kappa shape index (κ3) is 4.86. The number of benzene rings is 2. The molecule has 0 aliphatic carbocycles. The number of carboxylic acids is 1. The van der Waals surface area contributed by atoms with Crippen molar-refractivity contribution in [3.8, 4) is 0 Å². The van der Waals surface area contributed by atoms with E-state index in [9.17, 15) is 27.9 Å². The summed E-state index contributed by atoms with van der Waals surface area (Å²) in [6.07, 6.45) is 3.60. The number of fused-ring (bicyclic) bond motifs is 2. The van der Waals surface area contributed by atoms with Crippen molar-refractivity contribution < 1.29 is 27.9 Å². The van der Waals surface area contributed by atoms with Gasteiger partial charge in [-0.15, -0.1) is 0 Å². The van der Waals surface area contributed by atoms with E-state index in [1.54, 1.807) is 36.4 Å². The van der Waals surface area contributed by atoms with Crippen LogP contribution in [-0.2, 0) is 19.6 Å². The van der Waals surface area contributed by atoms with Crippen LogP contribution in [-0.4, -0.2) is 76.7 Å². The number of rotatable bonds is 5. The van der Waals surface area contributed by atoms with E-state index in [-0.39, 0.29) is 23.7 Å². The van der Waals surface area contributed by atoms with Crippen molar-refractivity contribution in [1.29, 1.82) is 0 Å². The molecule has 198 valence electrons. The summed E-state index contributed by atoms with van der Waals surface area (Å²) >= 11 is 0. The fraction of sp³-hybridized carbons (Fsp3) is 0.333. The third-order valence-corrected chi connectivity index (χ3v) is 9.06. The monoisotopic (exact) mass is 536 g/mol. The zero-order chi connectivity index (χ0) is 26.9. The molecule has 11 heteroatoms. The molecule has 3 atom stereocenters. The van der Waals surface area contributed by atoms with Crippen LogP contribution in [0.4, 0.5) is 0 Å². The molecule has 2 saturated heterocycles. The van der Waals surface area contributed by atoms with Crippen LogP contribution in [0.5, 0.6) is 0 Å². The Kier molecular flexibility index (Phi) is 7.13. The minimum Gasteiger partial charge on any atom is -0.480 e. The van der Waals surface area contributed by atoms with Crippen molar-refractivity contribution in [1.82, 2.24) is 19.5 Å². The molecule has 0 saturated carbocycles. The van der Waals surface area contributed by atoms with Crippen LogP contribution >= 0.6 is 0 Å². The summed E-state index contributed by atoms with van der Waals surface area (Å²) in [6.45, 7) is -0.390. The minimum atomic E-state index is -3.95. The molecule has 0 bridgehead atoms. The molecule has 2 amide bonds. The molecule has 0 spiro atoms. The molecule has 38 heavy (non-hydrogen) atoms. The van der Waals surface area contributed by atoms with Crippen molar-refractivity contribution in [2.45, 2.75) is 48.7 Å². The number of sulfonamides is 1. The maximum atomic E-state index is 13.8. The highest BCUT2D eigenvalue weighted by Crippen LogP contribution is 2.29. The van der Waals surface area contributed by atoms with Gasteiger partial charge in [0.05, 0.1) is 4.90 Å². The predicted molar refractivity (Wildman–Crippen MR) is 139 cm³/mol. The van der Waals surface area contributed by atoms with Crippen molar-refractivity contribution >= 4 is 38.6 Å². The normalized spacial score (nSPS) is 22.8. The summed E-state index contributed by atoms with van der Waals surface area (Å²) < 4.78 is 27.8. The predicted octanol–water partition coefficient (Wildman–Crippen LogP) is 2.26. The van der Waals surface area contributed by atoms with Gasteiger partial charge in [0.15, 0.2) is 0 Å². The molecule has 1 aromatic heterocycles. The molecule has 2 aromatic carbocycles. The van der Waals surface area contributed by atoms with Crippen LogP contribution in [0.2, 0.25) is 0 Å². The first-order chi connectivity index (χ1) is 18.3. The fourth-order valence-electron chi connectivity index (χ4n) is 5.32. The van der Waals surface area contributed by atoms with E-state index < -0.39 is 45.9 Å². The molecule has 2 aliphatic rings. The second kappa shape index (κ2) is 10.5. The topological polar surface area (TPSA) is 137 Å². The van der Waals surface area contributed by atoms with Crippen molar-refractivity contribution in [3.05, 3.63) is 72.6 Å².